The number of nitrogens with one attached hydrogen (secondary N) is 1. The Bertz CT molecular complexity index is 443. The second-order valence-electron chi connectivity index (χ2n) is 5.77. The minimum atomic E-state index is -3.27. The van der Waals surface area contributed by atoms with E-state index in [9.17, 15) is 4.57 Å². The molecule has 0 aliphatic heterocycles. The summed E-state index contributed by atoms with van der Waals surface area (Å²) < 4.78 is 22.9. The van der Waals surface area contributed by atoms with E-state index in [0.717, 1.165) is 6.42 Å². The largest absolute Gasteiger partial charge is 0.458 e. The molecule has 0 aliphatic rings. The van der Waals surface area contributed by atoms with Gasteiger partial charge in [0.05, 0.1) is 0 Å². The van der Waals surface area contributed by atoms with E-state index in [2.05, 4.69) is 18.9 Å². The number of hydrogen-bond acceptors (Lipinski definition) is 3. The molecule has 1 rings (SSSR count). The lowest BCUT2D eigenvalue weighted by Gasteiger charge is -2.19. The van der Waals surface area contributed by atoms with Gasteiger partial charge in [-0.25, -0.2) is 9.65 Å². The molecule has 114 valence electrons. The predicted molar refractivity (Wildman–Crippen MR) is 83.1 cm³/mol. The van der Waals surface area contributed by atoms with Gasteiger partial charge in [0.1, 0.15) is 5.75 Å². The normalized spacial score (nSPS) is 14.6. The number of benzene rings is 1. The zero-order valence-electron chi connectivity index (χ0n) is 13.1. The van der Waals surface area contributed by atoms with Gasteiger partial charge in [0, 0.05) is 13.7 Å². The molecular formula is C15H26NO3P. The summed E-state index contributed by atoms with van der Waals surface area (Å²) >= 11 is 0. The van der Waals surface area contributed by atoms with Crippen molar-refractivity contribution < 1.29 is 13.6 Å². The summed E-state index contributed by atoms with van der Waals surface area (Å²) in [5.74, 6) is 1.54. The van der Waals surface area contributed by atoms with Crippen molar-refractivity contribution in [3.8, 4) is 5.75 Å². The zero-order chi connectivity index (χ0) is 15.2. The van der Waals surface area contributed by atoms with E-state index in [1.165, 1.54) is 12.7 Å². The van der Waals surface area contributed by atoms with Crippen LogP contribution in [-0.2, 0) is 15.5 Å². The molecule has 5 heteroatoms. The maximum atomic E-state index is 12.4. The first-order valence-electron chi connectivity index (χ1n) is 7.04. The SMILES string of the molecule is COP(=O)(NCC(C)C)Oc1ccc(CC(C)C)cc1. The van der Waals surface area contributed by atoms with Crippen LogP contribution in [0.4, 0.5) is 0 Å². The highest BCUT2D eigenvalue weighted by atomic mass is 31.2. The van der Waals surface area contributed by atoms with Crippen molar-refractivity contribution in [3.05, 3.63) is 29.8 Å². The molecular weight excluding hydrogens is 273 g/mol. The summed E-state index contributed by atoms with van der Waals surface area (Å²) in [7, 11) is -1.88. The van der Waals surface area contributed by atoms with E-state index < -0.39 is 7.75 Å². The quantitative estimate of drug-likeness (QED) is 0.728. The summed E-state index contributed by atoms with van der Waals surface area (Å²) in [4.78, 5) is 0. The van der Waals surface area contributed by atoms with E-state index in [1.54, 1.807) is 0 Å². The van der Waals surface area contributed by atoms with Crippen LogP contribution >= 0.6 is 7.75 Å². The van der Waals surface area contributed by atoms with Crippen LogP contribution in [-0.4, -0.2) is 13.7 Å². The monoisotopic (exact) mass is 299 g/mol. The van der Waals surface area contributed by atoms with Gasteiger partial charge < -0.3 is 4.52 Å². The van der Waals surface area contributed by atoms with Crippen molar-refractivity contribution in [1.82, 2.24) is 5.09 Å². The molecule has 1 unspecified atom stereocenters. The van der Waals surface area contributed by atoms with Gasteiger partial charge in [0.2, 0.25) is 0 Å². The highest BCUT2D eigenvalue weighted by Gasteiger charge is 2.24. The highest BCUT2D eigenvalue weighted by Crippen LogP contribution is 2.43. The second-order valence-corrected chi connectivity index (χ2v) is 7.63. The summed E-state index contributed by atoms with van der Waals surface area (Å²) in [5, 5.41) is 2.85. The van der Waals surface area contributed by atoms with Gasteiger partial charge >= 0.3 is 7.75 Å². The molecule has 1 aromatic rings. The van der Waals surface area contributed by atoms with Gasteiger partial charge in [-0.1, -0.05) is 39.8 Å². The zero-order valence-corrected chi connectivity index (χ0v) is 13.9. The van der Waals surface area contributed by atoms with Crippen molar-refractivity contribution in [2.75, 3.05) is 13.7 Å². The molecule has 0 fully saturated rings. The van der Waals surface area contributed by atoms with E-state index in [4.69, 9.17) is 9.05 Å². The van der Waals surface area contributed by atoms with Crippen LogP contribution < -0.4 is 9.61 Å². The van der Waals surface area contributed by atoms with Crippen LogP contribution in [0.3, 0.4) is 0 Å². The average Bonchev–Trinajstić information content (AvgIpc) is 2.38. The highest BCUT2D eigenvalue weighted by molar-refractivity contribution is 7.52. The Balaban J connectivity index is 2.67. The van der Waals surface area contributed by atoms with Gasteiger partial charge in [-0.05, 0) is 36.0 Å². The Morgan fingerprint density at radius 2 is 1.70 bits per heavy atom. The molecule has 0 radical (unpaired) electrons. The van der Waals surface area contributed by atoms with Crippen LogP contribution in [0.15, 0.2) is 24.3 Å². The van der Waals surface area contributed by atoms with Crippen molar-refractivity contribution in [2.24, 2.45) is 11.8 Å². The Labute approximate surface area is 122 Å². The van der Waals surface area contributed by atoms with E-state index in [1.807, 2.05) is 38.1 Å². The molecule has 0 saturated carbocycles. The standard InChI is InChI=1S/C15H26NO3P/c1-12(2)10-14-6-8-15(9-7-14)19-20(17,18-5)16-11-13(3)4/h6-9,12-13H,10-11H2,1-5H3,(H,16,17). The maximum Gasteiger partial charge on any atom is 0.458 e. The number of hydrogen-bond donors (Lipinski definition) is 1. The predicted octanol–water partition coefficient (Wildman–Crippen LogP) is 4.26. The van der Waals surface area contributed by atoms with Crippen LogP contribution in [0.1, 0.15) is 33.3 Å². The van der Waals surface area contributed by atoms with Crippen LogP contribution in [0.5, 0.6) is 5.75 Å². The minimum absolute atomic E-state index is 0.371. The first kappa shape index (κ1) is 17.2. The average molecular weight is 299 g/mol. The molecule has 0 aliphatic carbocycles. The third kappa shape index (κ3) is 6.08. The van der Waals surface area contributed by atoms with E-state index >= 15 is 0 Å². The van der Waals surface area contributed by atoms with E-state index in [0.29, 0.717) is 24.1 Å². The van der Waals surface area contributed by atoms with Crippen LogP contribution in [0.25, 0.3) is 0 Å². The fourth-order valence-electron chi connectivity index (χ4n) is 1.73. The van der Waals surface area contributed by atoms with Crippen LogP contribution in [0.2, 0.25) is 0 Å². The molecule has 1 aromatic carbocycles. The van der Waals surface area contributed by atoms with Gasteiger partial charge in [-0.3, -0.25) is 4.52 Å². The van der Waals surface area contributed by atoms with Crippen molar-refractivity contribution in [3.63, 3.8) is 0 Å². The first-order chi connectivity index (χ1) is 9.34. The lowest BCUT2D eigenvalue weighted by atomic mass is 10.0. The Morgan fingerprint density at radius 3 is 2.15 bits per heavy atom. The van der Waals surface area contributed by atoms with Crippen molar-refractivity contribution in [1.29, 1.82) is 0 Å². The smallest absolute Gasteiger partial charge is 0.413 e. The minimum Gasteiger partial charge on any atom is -0.413 e. The maximum absolute atomic E-state index is 12.4. The molecule has 0 amide bonds. The van der Waals surface area contributed by atoms with Gasteiger partial charge in [0.25, 0.3) is 0 Å². The Kier molecular flexibility index (Phi) is 6.74. The molecule has 0 aromatic heterocycles. The Morgan fingerprint density at radius 1 is 1.10 bits per heavy atom. The molecule has 0 bridgehead atoms. The lowest BCUT2D eigenvalue weighted by molar-refractivity contribution is 0.306. The van der Waals surface area contributed by atoms with Crippen LogP contribution in [0, 0.1) is 11.8 Å². The van der Waals surface area contributed by atoms with Gasteiger partial charge in [-0.15, -0.1) is 0 Å². The topological polar surface area (TPSA) is 47.6 Å². The fourth-order valence-corrected chi connectivity index (χ4v) is 2.98. The third-order valence-electron chi connectivity index (χ3n) is 2.73. The summed E-state index contributed by atoms with van der Waals surface area (Å²) in [6.45, 7) is 9.01. The van der Waals surface area contributed by atoms with Gasteiger partial charge in [0.15, 0.2) is 0 Å². The van der Waals surface area contributed by atoms with Gasteiger partial charge in [-0.2, -0.15) is 0 Å². The molecule has 0 heterocycles. The van der Waals surface area contributed by atoms with Crippen molar-refractivity contribution in [2.45, 2.75) is 34.1 Å². The third-order valence-corrected chi connectivity index (χ3v) is 4.23. The van der Waals surface area contributed by atoms with Crippen molar-refractivity contribution >= 4 is 7.75 Å². The molecule has 0 saturated heterocycles. The molecule has 1 N–H and O–H groups in total. The first-order valence-corrected chi connectivity index (χ1v) is 8.58. The van der Waals surface area contributed by atoms with E-state index in [-0.39, 0.29) is 0 Å². The fraction of sp³-hybridized carbons (Fsp3) is 0.600. The molecule has 20 heavy (non-hydrogen) atoms. The Hall–Kier alpha value is -0.830. The summed E-state index contributed by atoms with van der Waals surface area (Å²) in [6, 6.07) is 7.66. The lowest BCUT2D eigenvalue weighted by Crippen LogP contribution is -2.20. The molecule has 1 atom stereocenters. The molecule has 4 nitrogen and oxygen atoms in total. The number of rotatable bonds is 8. The molecule has 0 spiro atoms. The summed E-state index contributed by atoms with van der Waals surface area (Å²) in [5.41, 5.74) is 1.25. The second kappa shape index (κ2) is 7.82. The summed E-state index contributed by atoms with van der Waals surface area (Å²) in [6.07, 6.45) is 1.02.